The first kappa shape index (κ1) is 15.4. The van der Waals surface area contributed by atoms with Crippen molar-refractivity contribution in [3.05, 3.63) is 29.8 Å². The molecule has 1 amide bonds. The van der Waals surface area contributed by atoms with E-state index in [2.05, 4.69) is 0 Å². The molecule has 1 aromatic rings. The van der Waals surface area contributed by atoms with Crippen molar-refractivity contribution in [1.82, 2.24) is 4.90 Å². The van der Waals surface area contributed by atoms with E-state index in [0.29, 0.717) is 19.6 Å². The van der Waals surface area contributed by atoms with Crippen LogP contribution in [-0.2, 0) is 9.59 Å². The highest BCUT2D eigenvalue weighted by molar-refractivity contribution is 5.79. The molecule has 2 rings (SSSR count). The van der Waals surface area contributed by atoms with Gasteiger partial charge >= 0.3 is 5.97 Å². The highest BCUT2D eigenvalue weighted by atomic mass is 16.5. The molecule has 1 N–H and O–H groups in total. The smallest absolute Gasteiger partial charge is 0.308 e. The minimum absolute atomic E-state index is 0.0432. The quantitative estimate of drug-likeness (QED) is 0.902. The summed E-state index contributed by atoms with van der Waals surface area (Å²) >= 11 is 0. The molecule has 114 valence electrons. The highest BCUT2D eigenvalue weighted by Crippen LogP contribution is 2.25. The van der Waals surface area contributed by atoms with Gasteiger partial charge in [-0.3, -0.25) is 9.59 Å². The molecule has 0 spiro atoms. The summed E-state index contributed by atoms with van der Waals surface area (Å²) in [7, 11) is 0. The average molecular weight is 291 g/mol. The lowest BCUT2D eigenvalue weighted by Gasteiger charge is -2.23. The number of hydrogen-bond acceptors (Lipinski definition) is 3. The molecule has 0 bridgehead atoms. The van der Waals surface area contributed by atoms with Crippen molar-refractivity contribution in [1.29, 1.82) is 0 Å². The third-order valence-electron chi connectivity index (χ3n) is 4.00. The van der Waals surface area contributed by atoms with Crippen molar-refractivity contribution < 1.29 is 19.4 Å². The van der Waals surface area contributed by atoms with Crippen LogP contribution in [0.2, 0.25) is 0 Å². The van der Waals surface area contributed by atoms with Gasteiger partial charge in [0.1, 0.15) is 5.75 Å². The molecule has 21 heavy (non-hydrogen) atoms. The largest absolute Gasteiger partial charge is 0.493 e. The number of ether oxygens (including phenoxy) is 1. The number of carboxylic acid groups (broad SMARTS) is 1. The molecule has 1 saturated heterocycles. The van der Waals surface area contributed by atoms with Crippen LogP contribution in [0.25, 0.3) is 0 Å². The first-order valence-corrected chi connectivity index (χ1v) is 7.21. The van der Waals surface area contributed by atoms with Gasteiger partial charge in [-0.1, -0.05) is 17.7 Å². The van der Waals surface area contributed by atoms with Gasteiger partial charge in [0.15, 0.2) is 0 Å². The van der Waals surface area contributed by atoms with Crippen LogP contribution < -0.4 is 4.74 Å². The van der Waals surface area contributed by atoms with E-state index in [1.165, 1.54) is 0 Å². The van der Waals surface area contributed by atoms with Gasteiger partial charge in [-0.05, 0) is 32.4 Å². The molecule has 1 aliphatic heterocycles. The Balaban J connectivity index is 1.80. The number of amides is 1. The van der Waals surface area contributed by atoms with E-state index in [-0.39, 0.29) is 18.4 Å². The SMILES string of the molecule is Cc1ccc(OCCC(=O)N2CCC(C(=O)O)C2C)cc1. The van der Waals surface area contributed by atoms with Gasteiger partial charge in [0.25, 0.3) is 0 Å². The van der Waals surface area contributed by atoms with Crippen LogP contribution in [-0.4, -0.2) is 41.1 Å². The molecular weight excluding hydrogens is 270 g/mol. The van der Waals surface area contributed by atoms with E-state index < -0.39 is 11.9 Å². The molecule has 5 heteroatoms. The van der Waals surface area contributed by atoms with E-state index in [1.807, 2.05) is 31.2 Å². The molecule has 1 aliphatic rings. The van der Waals surface area contributed by atoms with Crippen LogP contribution in [0.5, 0.6) is 5.75 Å². The van der Waals surface area contributed by atoms with Crippen LogP contribution in [0.15, 0.2) is 24.3 Å². The zero-order valence-corrected chi connectivity index (χ0v) is 12.4. The van der Waals surface area contributed by atoms with Crippen molar-refractivity contribution in [3.8, 4) is 5.75 Å². The fourth-order valence-electron chi connectivity index (χ4n) is 2.66. The Hall–Kier alpha value is -2.04. The first-order chi connectivity index (χ1) is 9.99. The zero-order valence-electron chi connectivity index (χ0n) is 12.4. The van der Waals surface area contributed by atoms with Gasteiger partial charge in [0.05, 0.1) is 18.9 Å². The predicted octanol–water partition coefficient (Wildman–Crippen LogP) is 2.09. The molecule has 1 fully saturated rings. The van der Waals surface area contributed by atoms with E-state index in [4.69, 9.17) is 9.84 Å². The highest BCUT2D eigenvalue weighted by Gasteiger charge is 2.37. The second-order valence-electron chi connectivity index (χ2n) is 5.47. The molecule has 1 aromatic carbocycles. The fourth-order valence-corrected chi connectivity index (χ4v) is 2.66. The predicted molar refractivity (Wildman–Crippen MR) is 78.2 cm³/mol. The third-order valence-corrected chi connectivity index (χ3v) is 4.00. The molecule has 5 nitrogen and oxygen atoms in total. The molecule has 1 heterocycles. The standard InChI is InChI=1S/C16H21NO4/c1-11-3-5-13(6-4-11)21-10-8-15(18)17-9-7-14(12(17)2)16(19)20/h3-6,12,14H,7-10H2,1-2H3,(H,19,20). The average Bonchev–Trinajstić information content (AvgIpc) is 2.83. The van der Waals surface area contributed by atoms with E-state index in [1.54, 1.807) is 11.8 Å². The minimum atomic E-state index is -0.825. The summed E-state index contributed by atoms with van der Waals surface area (Å²) in [4.78, 5) is 24.8. The van der Waals surface area contributed by atoms with Crippen LogP contribution in [0.1, 0.15) is 25.3 Å². The van der Waals surface area contributed by atoms with E-state index >= 15 is 0 Å². The Morgan fingerprint density at radius 2 is 2.00 bits per heavy atom. The molecule has 0 aliphatic carbocycles. The number of likely N-dealkylation sites (tertiary alicyclic amines) is 1. The summed E-state index contributed by atoms with van der Waals surface area (Å²) in [6.45, 7) is 4.62. The van der Waals surface area contributed by atoms with Gasteiger partial charge in [-0.15, -0.1) is 0 Å². The normalized spacial score (nSPS) is 21.3. The van der Waals surface area contributed by atoms with Crippen LogP contribution in [0, 0.1) is 12.8 Å². The molecule has 2 atom stereocenters. The summed E-state index contributed by atoms with van der Waals surface area (Å²) < 4.78 is 5.54. The molecular formula is C16H21NO4. The summed E-state index contributed by atoms with van der Waals surface area (Å²) in [6, 6.07) is 7.42. The second kappa shape index (κ2) is 6.61. The van der Waals surface area contributed by atoms with Crippen molar-refractivity contribution >= 4 is 11.9 Å². The van der Waals surface area contributed by atoms with E-state index in [0.717, 1.165) is 11.3 Å². The Labute approximate surface area is 124 Å². The maximum atomic E-state index is 12.1. The van der Waals surface area contributed by atoms with Gasteiger partial charge in [-0.2, -0.15) is 0 Å². The van der Waals surface area contributed by atoms with Crippen LogP contribution >= 0.6 is 0 Å². The van der Waals surface area contributed by atoms with Crippen LogP contribution in [0.4, 0.5) is 0 Å². The molecule has 0 saturated carbocycles. The Bertz CT molecular complexity index is 512. The van der Waals surface area contributed by atoms with Gasteiger partial charge < -0.3 is 14.7 Å². The zero-order chi connectivity index (χ0) is 15.4. The number of benzene rings is 1. The van der Waals surface area contributed by atoms with Gasteiger partial charge in [0, 0.05) is 12.6 Å². The van der Waals surface area contributed by atoms with Crippen molar-refractivity contribution in [2.45, 2.75) is 32.7 Å². The lowest BCUT2D eigenvalue weighted by atomic mass is 10.0. The Morgan fingerprint density at radius 3 is 2.57 bits per heavy atom. The third kappa shape index (κ3) is 3.74. The molecule has 2 unspecified atom stereocenters. The van der Waals surface area contributed by atoms with Crippen molar-refractivity contribution in [2.75, 3.05) is 13.2 Å². The molecule has 0 radical (unpaired) electrons. The maximum Gasteiger partial charge on any atom is 0.308 e. The Morgan fingerprint density at radius 1 is 1.33 bits per heavy atom. The van der Waals surface area contributed by atoms with E-state index in [9.17, 15) is 9.59 Å². The summed E-state index contributed by atoms with van der Waals surface area (Å²) in [5, 5.41) is 9.07. The number of aryl methyl sites for hydroxylation is 1. The lowest BCUT2D eigenvalue weighted by Crippen LogP contribution is -2.38. The number of rotatable bonds is 5. The number of carbonyl (C=O) groups excluding carboxylic acids is 1. The van der Waals surface area contributed by atoms with Crippen molar-refractivity contribution in [3.63, 3.8) is 0 Å². The van der Waals surface area contributed by atoms with Gasteiger partial charge in [0.2, 0.25) is 5.91 Å². The Kier molecular flexibility index (Phi) is 4.83. The van der Waals surface area contributed by atoms with Crippen molar-refractivity contribution in [2.24, 2.45) is 5.92 Å². The monoisotopic (exact) mass is 291 g/mol. The number of carboxylic acids is 1. The second-order valence-corrected chi connectivity index (χ2v) is 5.47. The number of hydrogen-bond donors (Lipinski definition) is 1. The van der Waals surface area contributed by atoms with Crippen LogP contribution in [0.3, 0.4) is 0 Å². The summed E-state index contributed by atoms with van der Waals surface area (Å²) in [5.41, 5.74) is 1.16. The lowest BCUT2D eigenvalue weighted by molar-refractivity contribution is -0.143. The fraction of sp³-hybridized carbons (Fsp3) is 0.500. The topological polar surface area (TPSA) is 66.8 Å². The number of carbonyl (C=O) groups is 2. The number of nitrogens with zero attached hydrogens (tertiary/aromatic N) is 1. The number of aliphatic carboxylic acids is 1. The summed E-state index contributed by atoms with van der Waals surface area (Å²) in [5.74, 6) is -0.578. The minimum Gasteiger partial charge on any atom is -0.493 e. The first-order valence-electron chi connectivity index (χ1n) is 7.21. The molecule has 0 aromatic heterocycles. The maximum absolute atomic E-state index is 12.1. The van der Waals surface area contributed by atoms with Gasteiger partial charge in [-0.25, -0.2) is 0 Å². The summed E-state index contributed by atoms with van der Waals surface area (Å²) in [6.07, 6.45) is 0.797.